The van der Waals surface area contributed by atoms with E-state index in [2.05, 4.69) is 18.2 Å². The molecule has 2 nitrogen and oxygen atoms in total. The lowest BCUT2D eigenvalue weighted by molar-refractivity contribution is -0.0236. The van der Waals surface area contributed by atoms with Crippen LogP contribution in [0.25, 0.3) is 0 Å². The molecule has 0 aliphatic heterocycles. The van der Waals surface area contributed by atoms with Crippen molar-refractivity contribution in [3.05, 3.63) is 34.9 Å². The summed E-state index contributed by atoms with van der Waals surface area (Å²) in [5.41, 5.74) is 3.74. The zero-order valence-corrected chi connectivity index (χ0v) is 8.84. The van der Waals surface area contributed by atoms with Crippen molar-refractivity contribution in [2.75, 3.05) is 0 Å². The van der Waals surface area contributed by atoms with Gasteiger partial charge in [0.1, 0.15) is 5.60 Å². The minimum Gasteiger partial charge on any atom is -0.294 e. The zero-order valence-electron chi connectivity index (χ0n) is 8.84. The molecule has 1 aliphatic carbocycles. The van der Waals surface area contributed by atoms with Gasteiger partial charge in [-0.25, -0.2) is 5.90 Å². The van der Waals surface area contributed by atoms with E-state index in [1.165, 1.54) is 36.0 Å². The van der Waals surface area contributed by atoms with Gasteiger partial charge in [-0.15, -0.1) is 0 Å². The van der Waals surface area contributed by atoms with Crippen LogP contribution >= 0.6 is 0 Å². The Bertz CT molecular complexity index is 344. The molecule has 0 spiro atoms. The molecule has 2 rings (SSSR count). The Morgan fingerprint density at radius 1 is 1.21 bits per heavy atom. The predicted molar refractivity (Wildman–Crippen MR) is 56.8 cm³/mol. The van der Waals surface area contributed by atoms with Gasteiger partial charge in [-0.05, 0) is 49.8 Å². The van der Waals surface area contributed by atoms with Crippen LogP contribution in [0.3, 0.4) is 0 Å². The Morgan fingerprint density at radius 2 is 1.93 bits per heavy atom. The van der Waals surface area contributed by atoms with Gasteiger partial charge in [0.15, 0.2) is 0 Å². The van der Waals surface area contributed by atoms with Crippen molar-refractivity contribution in [1.29, 1.82) is 0 Å². The molecule has 1 aromatic carbocycles. The molecule has 0 aromatic heterocycles. The topological polar surface area (TPSA) is 35.2 Å². The molecule has 0 saturated carbocycles. The molecular weight excluding hydrogens is 174 g/mol. The Morgan fingerprint density at radius 3 is 2.64 bits per heavy atom. The third kappa shape index (κ3) is 1.56. The minimum absolute atomic E-state index is 0.377. The number of fused-ring (bicyclic) bond motifs is 1. The molecule has 0 amide bonds. The summed E-state index contributed by atoms with van der Waals surface area (Å²) in [6.07, 6.45) is 3.70. The van der Waals surface area contributed by atoms with Gasteiger partial charge in [0.2, 0.25) is 0 Å². The van der Waals surface area contributed by atoms with Crippen LogP contribution in [-0.4, -0.2) is 0 Å². The van der Waals surface area contributed by atoms with Gasteiger partial charge in [0.05, 0.1) is 0 Å². The summed E-state index contributed by atoms with van der Waals surface area (Å²) in [5, 5.41) is 0. The van der Waals surface area contributed by atoms with Gasteiger partial charge in [-0.2, -0.15) is 0 Å². The molecule has 0 radical (unpaired) electrons. The smallest absolute Gasteiger partial charge is 0.109 e. The van der Waals surface area contributed by atoms with Crippen LogP contribution in [0.5, 0.6) is 0 Å². The molecule has 0 unspecified atom stereocenters. The summed E-state index contributed by atoms with van der Waals surface area (Å²) in [4.78, 5) is 4.98. The van der Waals surface area contributed by atoms with Crippen molar-refractivity contribution in [2.45, 2.75) is 38.7 Å². The van der Waals surface area contributed by atoms with Crippen molar-refractivity contribution in [1.82, 2.24) is 0 Å². The minimum atomic E-state index is -0.377. The molecule has 0 heterocycles. The SMILES string of the molecule is CC(C)(ON)c1ccc2c(c1)CCC2. The first kappa shape index (κ1) is 9.69. The van der Waals surface area contributed by atoms with Crippen LogP contribution in [0, 0.1) is 0 Å². The summed E-state index contributed by atoms with van der Waals surface area (Å²) >= 11 is 0. The highest BCUT2D eigenvalue weighted by atomic mass is 16.6. The van der Waals surface area contributed by atoms with E-state index in [1.807, 2.05) is 13.8 Å². The highest BCUT2D eigenvalue weighted by Gasteiger charge is 2.22. The van der Waals surface area contributed by atoms with Gasteiger partial charge < -0.3 is 0 Å². The summed E-state index contributed by atoms with van der Waals surface area (Å²) in [6, 6.07) is 6.56. The summed E-state index contributed by atoms with van der Waals surface area (Å²) in [5.74, 6) is 5.28. The van der Waals surface area contributed by atoms with E-state index in [0.717, 1.165) is 0 Å². The van der Waals surface area contributed by atoms with Gasteiger partial charge in [-0.1, -0.05) is 18.2 Å². The molecule has 0 saturated heterocycles. The van der Waals surface area contributed by atoms with Crippen LogP contribution in [0.1, 0.15) is 37.0 Å². The fraction of sp³-hybridized carbons (Fsp3) is 0.500. The van der Waals surface area contributed by atoms with E-state index in [9.17, 15) is 0 Å². The molecule has 1 aromatic rings. The van der Waals surface area contributed by atoms with E-state index in [0.29, 0.717) is 0 Å². The Balaban J connectivity index is 2.38. The van der Waals surface area contributed by atoms with Gasteiger partial charge in [0.25, 0.3) is 0 Å². The Labute approximate surface area is 85.0 Å². The molecule has 2 N–H and O–H groups in total. The van der Waals surface area contributed by atoms with Gasteiger partial charge >= 0.3 is 0 Å². The van der Waals surface area contributed by atoms with Crippen LogP contribution < -0.4 is 5.90 Å². The molecule has 0 fully saturated rings. The van der Waals surface area contributed by atoms with E-state index in [-0.39, 0.29) is 5.60 Å². The first-order valence-corrected chi connectivity index (χ1v) is 5.13. The average Bonchev–Trinajstić information content (AvgIpc) is 2.64. The second kappa shape index (κ2) is 3.37. The molecule has 76 valence electrons. The molecule has 14 heavy (non-hydrogen) atoms. The van der Waals surface area contributed by atoms with Gasteiger partial charge in [-0.3, -0.25) is 4.84 Å². The lowest BCUT2D eigenvalue weighted by Gasteiger charge is -2.23. The van der Waals surface area contributed by atoms with Crippen LogP contribution in [0.2, 0.25) is 0 Å². The fourth-order valence-corrected chi connectivity index (χ4v) is 2.01. The molecule has 1 aliphatic rings. The summed E-state index contributed by atoms with van der Waals surface area (Å²) in [6.45, 7) is 3.98. The molecular formula is C12H17NO. The van der Waals surface area contributed by atoms with E-state index >= 15 is 0 Å². The van der Waals surface area contributed by atoms with Crippen molar-refractivity contribution < 1.29 is 4.84 Å². The number of nitrogens with two attached hydrogens (primary N) is 1. The quantitative estimate of drug-likeness (QED) is 0.728. The lowest BCUT2D eigenvalue weighted by Crippen LogP contribution is -2.25. The normalized spacial score (nSPS) is 15.6. The lowest BCUT2D eigenvalue weighted by atomic mass is 9.95. The van der Waals surface area contributed by atoms with E-state index in [4.69, 9.17) is 10.7 Å². The number of hydrogen-bond acceptors (Lipinski definition) is 2. The first-order valence-electron chi connectivity index (χ1n) is 5.13. The number of hydrogen-bond donors (Lipinski definition) is 1. The van der Waals surface area contributed by atoms with Crippen molar-refractivity contribution in [2.24, 2.45) is 5.90 Å². The van der Waals surface area contributed by atoms with Crippen molar-refractivity contribution >= 4 is 0 Å². The molecule has 2 heteroatoms. The fourth-order valence-electron chi connectivity index (χ4n) is 2.01. The Hall–Kier alpha value is -0.860. The summed E-state index contributed by atoms with van der Waals surface area (Å²) < 4.78 is 0. The largest absolute Gasteiger partial charge is 0.294 e. The standard InChI is InChI=1S/C12H17NO/c1-12(2,14-13)11-7-6-9-4-3-5-10(9)8-11/h6-8H,3-5,13H2,1-2H3. The first-order chi connectivity index (χ1) is 6.63. The van der Waals surface area contributed by atoms with E-state index < -0.39 is 0 Å². The van der Waals surface area contributed by atoms with Crippen molar-refractivity contribution in [3.63, 3.8) is 0 Å². The Kier molecular flexibility index (Phi) is 2.33. The maximum absolute atomic E-state index is 5.28. The maximum Gasteiger partial charge on any atom is 0.109 e. The predicted octanol–water partition coefficient (Wildman–Crippen LogP) is 2.30. The second-order valence-electron chi connectivity index (χ2n) is 4.47. The number of benzene rings is 1. The number of rotatable bonds is 2. The summed E-state index contributed by atoms with van der Waals surface area (Å²) in [7, 11) is 0. The van der Waals surface area contributed by atoms with Crippen LogP contribution in [-0.2, 0) is 23.3 Å². The van der Waals surface area contributed by atoms with Gasteiger partial charge in [0, 0.05) is 0 Å². The molecule has 0 atom stereocenters. The number of aryl methyl sites for hydroxylation is 2. The molecule has 0 bridgehead atoms. The third-order valence-electron chi connectivity index (χ3n) is 3.09. The van der Waals surface area contributed by atoms with E-state index in [1.54, 1.807) is 0 Å². The van der Waals surface area contributed by atoms with Crippen LogP contribution in [0.4, 0.5) is 0 Å². The highest BCUT2D eigenvalue weighted by Crippen LogP contribution is 2.29. The van der Waals surface area contributed by atoms with Crippen molar-refractivity contribution in [3.8, 4) is 0 Å². The average molecular weight is 191 g/mol. The monoisotopic (exact) mass is 191 g/mol. The zero-order chi connectivity index (χ0) is 10.2. The highest BCUT2D eigenvalue weighted by molar-refractivity contribution is 5.37. The second-order valence-corrected chi connectivity index (χ2v) is 4.47. The maximum atomic E-state index is 5.28. The van der Waals surface area contributed by atoms with Crippen LogP contribution in [0.15, 0.2) is 18.2 Å². The third-order valence-corrected chi connectivity index (χ3v) is 3.09.